The summed E-state index contributed by atoms with van der Waals surface area (Å²) >= 11 is 0. The normalized spacial score (nSPS) is 25.0. The highest BCUT2D eigenvalue weighted by molar-refractivity contribution is 5.92. The quantitative estimate of drug-likeness (QED) is 0.864. The van der Waals surface area contributed by atoms with Gasteiger partial charge in [-0.25, -0.2) is 14.2 Å². The fourth-order valence-electron chi connectivity index (χ4n) is 4.42. The van der Waals surface area contributed by atoms with E-state index in [-0.39, 0.29) is 34.9 Å². The lowest BCUT2D eigenvalue weighted by Gasteiger charge is -2.38. The molecule has 2 aromatic heterocycles. The van der Waals surface area contributed by atoms with Crippen LogP contribution in [-0.4, -0.2) is 38.8 Å². The van der Waals surface area contributed by atoms with Crippen molar-refractivity contribution in [2.24, 2.45) is 5.73 Å². The second kappa shape index (κ2) is 6.05. The van der Waals surface area contributed by atoms with Crippen LogP contribution in [0.5, 0.6) is 0 Å². The number of hydrogen-bond acceptors (Lipinski definition) is 5. The number of fused-ring (bicyclic) bond motifs is 3. The van der Waals surface area contributed by atoms with Crippen LogP contribution < -0.4 is 16.1 Å². The second-order valence-electron chi connectivity index (χ2n) is 7.15. The number of carboxylic acids is 1. The molecule has 4 rings (SSSR count). The third-order valence-electron chi connectivity index (χ3n) is 5.57. The van der Waals surface area contributed by atoms with Crippen molar-refractivity contribution in [1.82, 2.24) is 9.55 Å². The summed E-state index contributed by atoms with van der Waals surface area (Å²) in [6, 6.07) is 1.57. The fraction of sp³-hybridized carbons (Fsp3) is 0.500. The van der Waals surface area contributed by atoms with Crippen molar-refractivity contribution in [2.75, 3.05) is 4.90 Å². The van der Waals surface area contributed by atoms with Crippen molar-refractivity contribution in [2.45, 2.75) is 57.3 Å². The van der Waals surface area contributed by atoms with Gasteiger partial charge in [0.1, 0.15) is 11.2 Å². The molecule has 0 aliphatic carbocycles. The molecule has 0 amide bonds. The zero-order chi connectivity index (χ0) is 18.6. The van der Waals surface area contributed by atoms with Crippen molar-refractivity contribution < 1.29 is 14.3 Å². The van der Waals surface area contributed by atoms with Crippen LogP contribution >= 0.6 is 0 Å². The number of aromatic carboxylic acids is 1. The number of halogens is 1. The number of nitrogens with zero attached hydrogens (tertiary/aromatic N) is 3. The molecule has 138 valence electrons. The molecule has 4 heterocycles. The number of hydrogen-bond donors (Lipinski definition) is 2. The molecule has 0 radical (unpaired) electrons. The minimum atomic E-state index is -1.33. The second-order valence-corrected chi connectivity index (χ2v) is 7.15. The predicted octanol–water partition coefficient (Wildman–Crippen LogP) is 1.71. The molecule has 8 heteroatoms. The van der Waals surface area contributed by atoms with Gasteiger partial charge in [-0.1, -0.05) is 0 Å². The Kier molecular flexibility index (Phi) is 3.95. The SMILES string of the molecule is CCn1cc(C(=O)O)c(=O)c2cc(F)c(N3[C@@H]4CC[C@H]3CC(N)C4)nc21. The number of rotatable bonds is 3. The molecule has 3 atom stereocenters. The van der Waals surface area contributed by atoms with E-state index >= 15 is 0 Å². The Balaban J connectivity index is 1.91. The number of anilines is 1. The Morgan fingerprint density at radius 1 is 1.38 bits per heavy atom. The molecule has 0 saturated carbocycles. The minimum absolute atomic E-state index is 0.00550. The first-order valence-electron chi connectivity index (χ1n) is 8.91. The summed E-state index contributed by atoms with van der Waals surface area (Å²) in [6.07, 6.45) is 4.79. The maximum Gasteiger partial charge on any atom is 0.341 e. The van der Waals surface area contributed by atoms with Crippen LogP contribution in [0.1, 0.15) is 43.0 Å². The zero-order valence-corrected chi connectivity index (χ0v) is 14.5. The first kappa shape index (κ1) is 17.0. The maximum atomic E-state index is 14.9. The number of nitrogens with two attached hydrogens (primary N) is 1. The summed E-state index contributed by atoms with van der Waals surface area (Å²) in [4.78, 5) is 30.2. The van der Waals surface area contributed by atoms with E-state index in [0.717, 1.165) is 31.7 Å². The molecule has 3 N–H and O–H groups in total. The van der Waals surface area contributed by atoms with Gasteiger partial charge in [0.05, 0.1) is 5.39 Å². The smallest absolute Gasteiger partial charge is 0.341 e. The topological polar surface area (TPSA) is 101 Å². The lowest BCUT2D eigenvalue weighted by molar-refractivity contribution is 0.0695. The van der Waals surface area contributed by atoms with Crippen LogP contribution in [0.2, 0.25) is 0 Å². The monoisotopic (exact) mass is 360 g/mol. The average molecular weight is 360 g/mol. The number of aryl methyl sites for hydroxylation is 1. The summed E-state index contributed by atoms with van der Waals surface area (Å²) in [5.41, 5.74) is 5.32. The van der Waals surface area contributed by atoms with Gasteiger partial charge >= 0.3 is 5.97 Å². The summed E-state index contributed by atoms with van der Waals surface area (Å²) < 4.78 is 16.5. The molecule has 7 nitrogen and oxygen atoms in total. The molecular weight excluding hydrogens is 339 g/mol. The van der Waals surface area contributed by atoms with E-state index in [2.05, 4.69) is 4.98 Å². The summed E-state index contributed by atoms with van der Waals surface area (Å²) in [5.74, 6) is -1.68. The third kappa shape index (κ3) is 2.47. The van der Waals surface area contributed by atoms with E-state index in [0.29, 0.717) is 12.2 Å². The number of aromatic nitrogens is 2. The minimum Gasteiger partial charge on any atom is -0.477 e. The first-order chi connectivity index (χ1) is 12.4. The molecule has 1 unspecified atom stereocenters. The lowest BCUT2D eigenvalue weighted by atomic mass is 9.98. The van der Waals surface area contributed by atoms with Crippen molar-refractivity contribution >= 4 is 22.8 Å². The molecule has 2 saturated heterocycles. The summed E-state index contributed by atoms with van der Waals surface area (Å²) in [7, 11) is 0. The zero-order valence-electron chi connectivity index (χ0n) is 14.5. The number of carbonyl (C=O) groups is 1. The van der Waals surface area contributed by atoms with Gasteiger partial charge < -0.3 is 20.3 Å². The van der Waals surface area contributed by atoms with Gasteiger partial charge in [0.2, 0.25) is 5.43 Å². The van der Waals surface area contributed by atoms with Crippen LogP contribution in [0.15, 0.2) is 17.1 Å². The van der Waals surface area contributed by atoms with Crippen LogP contribution in [0, 0.1) is 5.82 Å². The van der Waals surface area contributed by atoms with Crippen LogP contribution in [0.4, 0.5) is 10.2 Å². The highest BCUT2D eigenvalue weighted by Crippen LogP contribution is 2.39. The number of carboxylic acid groups (broad SMARTS) is 1. The largest absolute Gasteiger partial charge is 0.477 e. The van der Waals surface area contributed by atoms with E-state index in [9.17, 15) is 19.1 Å². The van der Waals surface area contributed by atoms with E-state index in [4.69, 9.17) is 5.73 Å². The molecule has 0 spiro atoms. The van der Waals surface area contributed by atoms with Gasteiger partial charge in [-0.15, -0.1) is 0 Å². The Hall–Kier alpha value is -2.48. The highest BCUT2D eigenvalue weighted by atomic mass is 19.1. The lowest BCUT2D eigenvalue weighted by Crippen LogP contribution is -2.48. The molecule has 26 heavy (non-hydrogen) atoms. The predicted molar refractivity (Wildman–Crippen MR) is 95.1 cm³/mol. The first-order valence-corrected chi connectivity index (χ1v) is 8.91. The highest BCUT2D eigenvalue weighted by Gasteiger charge is 2.41. The van der Waals surface area contributed by atoms with E-state index in [1.54, 1.807) is 4.57 Å². The van der Waals surface area contributed by atoms with E-state index in [1.807, 2.05) is 11.8 Å². The average Bonchev–Trinajstić information content (AvgIpc) is 2.86. The molecule has 2 bridgehead atoms. The standard InChI is InChI=1S/C18H21FN4O3/c1-2-22-8-13(18(25)26)15(24)12-7-14(19)17(21-16(12)22)23-10-3-4-11(23)6-9(20)5-10/h7-11H,2-6,20H2,1H3,(H,25,26)/t9?,10-,11+. The Morgan fingerprint density at radius 2 is 2.04 bits per heavy atom. The van der Waals surface area contributed by atoms with Gasteiger partial charge in [0.25, 0.3) is 0 Å². The molecule has 0 aromatic carbocycles. The van der Waals surface area contributed by atoms with Gasteiger partial charge in [0, 0.05) is 30.9 Å². The third-order valence-corrected chi connectivity index (χ3v) is 5.57. The van der Waals surface area contributed by atoms with Gasteiger partial charge in [-0.05, 0) is 38.7 Å². The summed E-state index contributed by atoms with van der Waals surface area (Å²) in [6.45, 7) is 2.25. The Morgan fingerprint density at radius 3 is 2.62 bits per heavy atom. The van der Waals surface area contributed by atoms with E-state index < -0.39 is 17.2 Å². The van der Waals surface area contributed by atoms with Crippen molar-refractivity contribution in [3.8, 4) is 0 Å². The van der Waals surface area contributed by atoms with Gasteiger partial charge in [-0.3, -0.25) is 4.79 Å². The van der Waals surface area contributed by atoms with E-state index in [1.165, 1.54) is 6.20 Å². The molecule has 2 aromatic rings. The van der Waals surface area contributed by atoms with Crippen molar-refractivity contribution in [3.05, 3.63) is 33.9 Å². The number of pyridine rings is 2. The Labute approximate surface area is 149 Å². The molecule has 2 aliphatic heterocycles. The van der Waals surface area contributed by atoms with Crippen LogP contribution in [0.3, 0.4) is 0 Å². The van der Waals surface area contributed by atoms with Crippen molar-refractivity contribution in [1.29, 1.82) is 0 Å². The Bertz CT molecular complexity index is 944. The number of piperidine rings is 1. The molecular formula is C18H21FN4O3. The van der Waals surface area contributed by atoms with Gasteiger partial charge in [-0.2, -0.15) is 0 Å². The molecule has 2 fully saturated rings. The van der Waals surface area contributed by atoms with Crippen LogP contribution in [-0.2, 0) is 6.54 Å². The maximum absolute atomic E-state index is 14.9. The fourth-order valence-corrected chi connectivity index (χ4v) is 4.42. The molecule has 2 aliphatic rings. The summed E-state index contributed by atoms with van der Waals surface area (Å²) in [5, 5.41) is 9.22. The van der Waals surface area contributed by atoms with Crippen molar-refractivity contribution in [3.63, 3.8) is 0 Å². The van der Waals surface area contributed by atoms with Gasteiger partial charge in [0.15, 0.2) is 11.6 Å². The van der Waals surface area contributed by atoms with Crippen LogP contribution in [0.25, 0.3) is 11.0 Å².